The largest absolute Gasteiger partial charge is 0.432 e. The van der Waals surface area contributed by atoms with Gasteiger partial charge < -0.3 is 9.84 Å². The molecule has 6 nitrogen and oxygen atoms in total. The van der Waals surface area contributed by atoms with Crippen molar-refractivity contribution in [2.75, 3.05) is 0 Å². The SMILES string of the molecule is Cc1ccc([N+](=O)[O-])c(Oc2cc(C(C)O)ccn2)c1. The number of nitrogens with zero attached hydrogens (tertiary/aromatic N) is 2. The zero-order valence-corrected chi connectivity index (χ0v) is 11.1. The van der Waals surface area contributed by atoms with Gasteiger partial charge in [-0.3, -0.25) is 10.1 Å². The average Bonchev–Trinajstić information content (AvgIpc) is 2.38. The van der Waals surface area contributed by atoms with Gasteiger partial charge in [0.2, 0.25) is 11.6 Å². The number of ether oxygens (including phenoxy) is 1. The minimum Gasteiger partial charge on any atom is -0.432 e. The summed E-state index contributed by atoms with van der Waals surface area (Å²) in [4.78, 5) is 14.4. The van der Waals surface area contributed by atoms with Gasteiger partial charge in [-0.2, -0.15) is 0 Å². The summed E-state index contributed by atoms with van der Waals surface area (Å²) in [6.07, 6.45) is 0.826. The first kappa shape index (κ1) is 14.0. The first-order valence-corrected chi connectivity index (χ1v) is 6.04. The molecule has 1 aromatic carbocycles. The lowest BCUT2D eigenvalue weighted by Gasteiger charge is -2.09. The van der Waals surface area contributed by atoms with E-state index in [-0.39, 0.29) is 17.3 Å². The predicted octanol–water partition coefficient (Wildman–Crippen LogP) is 3.14. The number of aromatic nitrogens is 1. The molecule has 1 aromatic heterocycles. The summed E-state index contributed by atoms with van der Waals surface area (Å²) >= 11 is 0. The van der Waals surface area contributed by atoms with E-state index in [1.54, 1.807) is 31.2 Å². The molecule has 0 aliphatic heterocycles. The van der Waals surface area contributed by atoms with Crippen LogP contribution in [-0.4, -0.2) is 15.0 Å². The van der Waals surface area contributed by atoms with E-state index in [1.807, 2.05) is 6.92 Å². The van der Waals surface area contributed by atoms with Crippen LogP contribution in [-0.2, 0) is 0 Å². The lowest BCUT2D eigenvalue weighted by molar-refractivity contribution is -0.385. The molecule has 0 aliphatic rings. The molecule has 0 aliphatic carbocycles. The molecule has 1 heterocycles. The maximum atomic E-state index is 11.0. The smallest absolute Gasteiger partial charge is 0.311 e. The number of hydrogen-bond donors (Lipinski definition) is 1. The zero-order valence-electron chi connectivity index (χ0n) is 11.1. The summed E-state index contributed by atoms with van der Waals surface area (Å²) in [5, 5.41) is 20.5. The first-order valence-electron chi connectivity index (χ1n) is 6.04. The lowest BCUT2D eigenvalue weighted by Crippen LogP contribution is -1.97. The van der Waals surface area contributed by atoms with E-state index in [4.69, 9.17) is 4.74 Å². The van der Waals surface area contributed by atoms with Crippen LogP contribution in [0.25, 0.3) is 0 Å². The Bertz CT molecular complexity index is 641. The number of benzene rings is 1. The molecule has 1 unspecified atom stereocenters. The van der Waals surface area contributed by atoms with Gasteiger partial charge in [0.25, 0.3) is 0 Å². The van der Waals surface area contributed by atoms with Gasteiger partial charge in [0, 0.05) is 18.3 Å². The van der Waals surface area contributed by atoms with Crippen LogP contribution in [0, 0.1) is 17.0 Å². The van der Waals surface area contributed by atoms with E-state index in [9.17, 15) is 15.2 Å². The van der Waals surface area contributed by atoms with Gasteiger partial charge in [0.15, 0.2) is 0 Å². The quantitative estimate of drug-likeness (QED) is 0.683. The minimum absolute atomic E-state index is 0.125. The van der Waals surface area contributed by atoms with Crippen molar-refractivity contribution in [2.45, 2.75) is 20.0 Å². The molecule has 6 heteroatoms. The van der Waals surface area contributed by atoms with Crippen molar-refractivity contribution in [1.82, 2.24) is 4.98 Å². The fourth-order valence-electron chi connectivity index (χ4n) is 1.71. The third-order valence-corrected chi connectivity index (χ3v) is 2.77. The van der Waals surface area contributed by atoms with Gasteiger partial charge in [0.1, 0.15) is 0 Å². The van der Waals surface area contributed by atoms with Gasteiger partial charge in [0.05, 0.1) is 11.0 Å². The zero-order chi connectivity index (χ0) is 14.7. The van der Waals surface area contributed by atoms with Crippen LogP contribution in [0.4, 0.5) is 5.69 Å². The van der Waals surface area contributed by atoms with E-state index < -0.39 is 11.0 Å². The maximum Gasteiger partial charge on any atom is 0.311 e. The first-order chi connectivity index (χ1) is 9.47. The number of aryl methyl sites for hydroxylation is 1. The highest BCUT2D eigenvalue weighted by molar-refractivity contribution is 5.49. The topological polar surface area (TPSA) is 85.5 Å². The monoisotopic (exact) mass is 274 g/mol. The third kappa shape index (κ3) is 3.10. The number of aliphatic hydroxyl groups is 1. The van der Waals surface area contributed by atoms with E-state index in [0.717, 1.165) is 5.56 Å². The van der Waals surface area contributed by atoms with E-state index in [2.05, 4.69) is 4.98 Å². The van der Waals surface area contributed by atoms with Gasteiger partial charge in [-0.1, -0.05) is 6.07 Å². The molecule has 0 bridgehead atoms. The summed E-state index contributed by atoms with van der Waals surface area (Å²) < 4.78 is 5.48. The molecule has 20 heavy (non-hydrogen) atoms. The minimum atomic E-state index is -0.659. The maximum absolute atomic E-state index is 11.0. The fourth-order valence-corrected chi connectivity index (χ4v) is 1.71. The Labute approximate surface area is 115 Å². The van der Waals surface area contributed by atoms with E-state index in [1.165, 1.54) is 12.3 Å². The summed E-state index contributed by atoms with van der Waals surface area (Å²) in [6.45, 7) is 3.43. The van der Waals surface area contributed by atoms with Gasteiger partial charge in [-0.15, -0.1) is 0 Å². The van der Waals surface area contributed by atoms with Crippen LogP contribution in [0.15, 0.2) is 36.5 Å². The standard InChI is InChI=1S/C14H14N2O4/c1-9-3-4-12(16(18)19)13(7-9)20-14-8-11(10(2)17)5-6-15-14/h3-8,10,17H,1-2H3. The number of pyridine rings is 1. The second-order valence-corrected chi connectivity index (χ2v) is 4.43. The molecule has 0 spiro atoms. The Kier molecular flexibility index (Phi) is 3.95. The average molecular weight is 274 g/mol. The summed E-state index contributed by atoms with van der Waals surface area (Å²) in [6, 6.07) is 7.82. The highest BCUT2D eigenvalue weighted by atomic mass is 16.6. The summed E-state index contributed by atoms with van der Waals surface area (Å²) in [7, 11) is 0. The van der Waals surface area contributed by atoms with Crippen molar-refractivity contribution < 1.29 is 14.8 Å². The van der Waals surface area contributed by atoms with Crippen LogP contribution in [0.2, 0.25) is 0 Å². The molecule has 0 radical (unpaired) electrons. The lowest BCUT2D eigenvalue weighted by atomic mass is 10.2. The van der Waals surface area contributed by atoms with Crippen LogP contribution in [0.5, 0.6) is 11.6 Å². The molecule has 0 saturated heterocycles. The van der Waals surface area contributed by atoms with Gasteiger partial charge >= 0.3 is 5.69 Å². The van der Waals surface area contributed by atoms with E-state index >= 15 is 0 Å². The summed E-state index contributed by atoms with van der Waals surface area (Å²) in [5.41, 5.74) is 1.35. The third-order valence-electron chi connectivity index (χ3n) is 2.77. The Balaban J connectivity index is 2.36. The van der Waals surface area contributed by atoms with Crippen molar-refractivity contribution in [3.05, 3.63) is 57.8 Å². The Morgan fingerprint density at radius 3 is 2.75 bits per heavy atom. The van der Waals surface area contributed by atoms with Gasteiger partial charge in [-0.25, -0.2) is 4.98 Å². The van der Waals surface area contributed by atoms with Crippen LogP contribution < -0.4 is 4.74 Å². The number of nitro groups is 1. The highest BCUT2D eigenvalue weighted by Gasteiger charge is 2.16. The number of nitro benzene ring substituents is 1. The molecule has 0 fully saturated rings. The normalized spacial score (nSPS) is 11.9. The number of rotatable bonds is 4. The fraction of sp³-hybridized carbons (Fsp3) is 0.214. The molecule has 104 valence electrons. The second-order valence-electron chi connectivity index (χ2n) is 4.43. The number of aliphatic hydroxyl groups excluding tert-OH is 1. The van der Waals surface area contributed by atoms with Gasteiger partial charge in [-0.05, 0) is 37.1 Å². The van der Waals surface area contributed by atoms with Crippen molar-refractivity contribution in [1.29, 1.82) is 0 Å². The molecular weight excluding hydrogens is 260 g/mol. The van der Waals surface area contributed by atoms with Crippen molar-refractivity contribution >= 4 is 5.69 Å². The van der Waals surface area contributed by atoms with Crippen molar-refractivity contribution in [3.63, 3.8) is 0 Å². The van der Waals surface area contributed by atoms with Crippen molar-refractivity contribution in [2.24, 2.45) is 0 Å². The molecule has 2 aromatic rings. The molecule has 0 saturated carbocycles. The Morgan fingerprint density at radius 1 is 1.35 bits per heavy atom. The molecular formula is C14H14N2O4. The second kappa shape index (κ2) is 5.66. The molecule has 1 atom stereocenters. The molecule has 0 amide bonds. The van der Waals surface area contributed by atoms with Crippen LogP contribution in [0.1, 0.15) is 24.2 Å². The Morgan fingerprint density at radius 2 is 2.10 bits per heavy atom. The Hall–Kier alpha value is -2.47. The van der Waals surface area contributed by atoms with Crippen LogP contribution in [0.3, 0.4) is 0 Å². The molecule has 1 N–H and O–H groups in total. The predicted molar refractivity (Wildman–Crippen MR) is 72.8 cm³/mol. The van der Waals surface area contributed by atoms with Crippen molar-refractivity contribution in [3.8, 4) is 11.6 Å². The molecule has 2 rings (SSSR count). The summed E-state index contributed by atoms with van der Waals surface area (Å²) in [5.74, 6) is 0.336. The number of hydrogen-bond acceptors (Lipinski definition) is 5. The highest BCUT2D eigenvalue weighted by Crippen LogP contribution is 2.31. The van der Waals surface area contributed by atoms with Crippen LogP contribution >= 0.6 is 0 Å². The van der Waals surface area contributed by atoms with E-state index in [0.29, 0.717) is 5.56 Å².